The van der Waals surface area contributed by atoms with Crippen molar-refractivity contribution in [3.63, 3.8) is 0 Å². The summed E-state index contributed by atoms with van der Waals surface area (Å²) in [7, 11) is 1.83. The number of morpholine rings is 1. The summed E-state index contributed by atoms with van der Waals surface area (Å²) in [5.41, 5.74) is 1.61. The van der Waals surface area contributed by atoms with Crippen molar-refractivity contribution in [2.24, 2.45) is 7.05 Å². The molecule has 136 valence electrons. The number of aromatic nitrogens is 2. The number of hydrogen-bond acceptors (Lipinski definition) is 5. The van der Waals surface area contributed by atoms with Gasteiger partial charge in [0.25, 0.3) is 0 Å². The maximum Gasteiger partial charge on any atom is 0.239 e. The van der Waals surface area contributed by atoms with Gasteiger partial charge in [0.2, 0.25) is 5.91 Å². The standard InChI is InChI=1S/C18H19BrN4O3/c1-22-14(16-9-12-8-13(19)2-3-15(12)26-16)10-17(21-22)20-18(24)11-23-4-6-25-7-5-23/h2-3,8-10H,4-7,11H2,1H3,(H,20,21,24). The van der Waals surface area contributed by atoms with E-state index in [9.17, 15) is 4.79 Å². The molecule has 4 rings (SSSR count). The Morgan fingerprint density at radius 3 is 2.88 bits per heavy atom. The van der Waals surface area contributed by atoms with Crippen LogP contribution >= 0.6 is 15.9 Å². The lowest BCUT2D eigenvalue weighted by Crippen LogP contribution is -2.41. The van der Waals surface area contributed by atoms with Crippen molar-refractivity contribution in [1.82, 2.24) is 14.7 Å². The lowest BCUT2D eigenvalue weighted by Gasteiger charge is -2.25. The molecule has 0 unspecified atom stereocenters. The molecule has 2 aromatic heterocycles. The molecule has 1 N–H and O–H groups in total. The largest absolute Gasteiger partial charge is 0.454 e. The van der Waals surface area contributed by atoms with Crippen LogP contribution in [0, 0.1) is 0 Å². The number of fused-ring (bicyclic) bond motifs is 1. The van der Waals surface area contributed by atoms with Gasteiger partial charge in [0, 0.05) is 36.1 Å². The van der Waals surface area contributed by atoms with E-state index in [0.717, 1.165) is 34.2 Å². The molecule has 3 heterocycles. The van der Waals surface area contributed by atoms with Gasteiger partial charge in [0.15, 0.2) is 11.6 Å². The molecule has 1 fully saturated rings. The van der Waals surface area contributed by atoms with Crippen LogP contribution in [0.4, 0.5) is 5.82 Å². The van der Waals surface area contributed by atoms with Crippen LogP contribution in [0.3, 0.4) is 0 Å². The third-order valence-electron chi connectivity index (χ3n) is 4.35. The predicted molar refractivity (Wildman–Crippen MR) is 102 cm³/mol. The number of nitrogens with one attached hydrogen (secondary N) is 1. The minimum absolute atomic E-state index is 0.0786. The number of nitrogens with zero attached hydrogens (tertiary/aromatic N) is 3. The highest BCUT2D eigenvalue weighted by molar-refractivity contribution is 9.10. The number of anilines is 1. The number of carbonyl (C=O) groups excluding carboxylic acids is 1. The molecule has 0 radical (unpaired) electrons. The van der Waals surface area contributed by atoms with Crippen LogP contribution in [0.5, 0.6) is 0 Å². The van der Waals surface area contributed by atoms with E-state index in [1.807, 2.05) is 37.4 Å². The molecule has 26 heavy (non-hydrogen) atoms. The Morgan fingerprint density at radius 1 is 1.27 bits per heavy atom. The minimum Gasteiger partial charge on any atom is -0.454 e. The lowest BCUT2D eigenvalue weighted by molar-refractivity contribution is -0.118. The van der Waals surface area contributed by atoms with E-state index >= 15 is 0 Å². The van der Waals surface area contributed by atoms with Crippen molar-refractivity contribution in [3.8, 4) is 11.5 Å². The number of furan rings is 1. The summed E-state index contributed by atoms with van der Waals surface area (Å²) in [6.45, 7) is 3.23. The quantitative estimate of drug-likeness (QED) is 0.704. The number of halogens is 1. The number of aryl methyl sites for hydroxylation is 1. The molecule has 1 saturated heterocycles. The van der Waals surface area contributed by atoms with Crippen molar-refractivity contribution in [2.75, 3.05) is 38.2 Å². The second kappa shape index (κ2) is 7.22. The fraction of sp³-hybridized carbons (Fsp3) is 0.333. The zero-order valence-corrected chi connectivity index (χ0v) is 16.0. The Hall–Kier alpha value is -2.16. The van der Waals surface area contributed by atoms with Crippen molar-refractivity contribution >= 4 is 38.6 Å². The molecular weight excluding hydrogens is 400 g/mol. The monoisotopic (exact) mass is 418 g/mol. The van der Waals surface area contributed by atoms with Crippen LogP contribution in [-0.2, 0) is 16.6 Å². The van der Waals surface area contributed by atoms with Crippen molar-refractivity contribution in [2.45, 2.75) is 0 Å². The molecule has 8 heteroatoms. The summed E-state index contributed by atoms with van der Waals surface area (Å²) < 4.78 is 13.9. The second-order valence-electron chi connectivity index (χ2n) is 6.27. The highest BCUT2D eigenvalue weighted by atomic mass is 79.9. The maximum atomic E-state index is 12.2. The smallest absolute Gasteiger partial charge is 0.239 e. The van der Waals surface area contributed by atoms with E-state index in [0.29, 0.717) is 31.3 Å². The molecule has 7 nitrogen and oxygen atoms in total. The summed E-state index contributed by atoms with van der Waals surface area (Å²) in [5.74, 6) is 1.15. The third kappa shape index (κ3) is 3.67. The fourth-order valence-electron chi connectivity index (χ4n) is 3.04. The molecule has 3 aromatic rings. The average molecular weight is 419 g/mol. The molecular formula is C18H19BrN4O3. The first kappa shape index (κ1) is 17.3. The molecule has 1 aliphatic heterocycles. The Bertz CT molecular complexity index is 943. The van der Waals surface area contributed by atoms with Gasteiger partial charge in [-0.1, -0.05) is 15.9 Å². The molecule has 0 saturated carbocycles. The molecule has 0 bridgehead atoms. The van der Waals surface area contributed by atoms with Crippen molar-refractivity contribution in [1.29, 1.82) is 0 Å². The van der Waals surface area contributed by atoms with Gasteiger partial charge in [-0.15, -0.1) is 0 Å². The van der Waals surface area contributed by atoms with E-state index in [4.69, 9.17) is 9.15 Å². The molecule has 1 aromatic carbocycles. The molecule has 1 amide bonds. The highest BCUT2D eigenvalue weighted by Crippen LogP contribution is 2.30. The van der Waals surface area contributed by atoms with Crippen LogP contribution in [-0.4, -0.2) is 53.4 Å². The Kier molecular flexibility index (Phi) is 4.80. The number of amides is 1. The van der Waals surface area contributed by atoms with Gasteiger partial charge >= 0.3 is 0 Å². The number of benzene rings is 1. The summed E-state index contributed by atoms with van der Waals surface area (Å²) in [5, 5.41) is 8.25. The molecule has 0 aliphatic carbocycles. The van der Waals surface area contributed by atoms with Crippen LogP contribution < -0.4 is 5.32 Å². The van der Waals surface area contributed by atoms with E-state index in [2.05, 4.69) is 31.2 Å². The first-order valence-corrected chi connectivity index (χ1v) is 9.21. The van der Waals surface area contributed by atoms with E-state index in [-0.39, 0.29) is 5.91 Å². The topological polar surface area (TPSA) is 72.5 Å². The van der Waals surface area contributed by atoms with E-state index in [1.54, 1.807) is 4.68 Å². The molecule has 0 atom stereocenters. The molecule has 0 spiro atoms. The van der Waals surface area contributed by atoms with Crippen LogP contribution in [0.1, 0.15) is 0 Å². The summed E-state index contributed by atoms with van der Waals surface area (Å²) in [6, 6.07) is 9.66. The first-order valence-electron chi connectivity index (χ1n) is 8.42. The van der Waals surface area contributed by atoms with Gasteiger partial charge in [0.05, 0.1) is 19.8 Å². The van der Waals surface area contributed by atoms with Crippen molar-refractivity contribution < 1.29 is 13.9 Å². The predicted octanol–water partition coefficient (Wildman–Crippen LogP) is 2.87. The SMILES string of the molecule is Cn1nc(NC(=O)CN2CCOCC2)cc1-c1cc2cc(Br)ccc2o1. The van der Waals surface area contributed by atoms with Gasteiger partial charge in [-0.05, 0) is 24.3 Å². The zero-order chi connectivity index (χ0) is 18.1. The van der Waals surface area contributed by atoms with E-state index < -0.39 is 0 Å². The summed E-state index contributed by atoms with van der Waals surface area (Å²) in [6.07, 6.45) is 0. The average Bonchev–Trinajstić information content (AvgIpc) is 3.18. The Balaban J connectivity index is 1.50. The maximum absolute atomic E-state index is 12.2. The first-order chi connectivity index (χ1) is 12.6. The van der Waals surface area contributed by atoms with Gasteiger partial charge in [-0.3, -0.25) is 14.4 Å². The number of rotatable bonds is 4. The summed E-state index contributed by atoms with van der Waals surface area (Å²) >= 11 is 3.47. The normalized spacial score (nSPS) is 15.5. The van der Waals surface area contributed by atoms with E-state index in [1.165, 1.54) is 0 Å². The summed E-state index contributed by atoms with van der Waals surface area (Å²) in [4.78, 5) is 14.3. The van der Waals surface area contributed by atoms with Crippen LogP contribution in [0.25, 0.3) is 22.4 Å². The Morgan fingerprint density at radius 2 is 2.08 bits per heavy atom. The number of hydrogen-bond donors (Lipinski definition) is 1. The van der Waals surface area contributed by atoms with Crippen LogP contribution in [0.15, 0.2) is 39.2 Å². The lowest BCUT2D eigenvalue weighted by atomic mass is 10.2. The van der Waals surface area contributed by atoms with Gasteiger partial charge in [0.1, 0.15) is 11.3 Å². The van der Waals surface area contributed by atoms with Gasteiger partial charge < -0.3 is 14.5 Å². The third-order valence-corrected chi connectivity index (χ3v) is 4.84. The van der Waals surface area contributed by atoms with Crippen molar-refractivity contribution in [3.05, 3.63) is 34.8 Å². The van der Waals surface area contributed by atoms with Gasteiger partial charge in [-0.25, -0.2) is 0 Å². The number of ether oxygens (including phenoxy) is 1. The second-order valence-corrected chi connectivity index (χ2v) is 7.18. The Labute approximate surface area is 159 Å². The van der Waals surface area contributed by atoms with Gasteiger partial charge in [-0.2, -0.15) is 5.10 Å². The van der Waals surface area contributed by atoms with Crippen LogP contribution in [0.2, 0.25) is 0 Å². The number of carbonyl (C=O) groups is 1. The zero-order valence-electron chi connectivity index (χ0n) is 14.4. The minimum atomic E-state index is -0.0786. The molecule has 1 aliphatic rings. The fourth-order valence-corrected chi connectivity index (χ4v) is 3.42. The highest BCUT2D eigenvalue weighted by Gasteiger charge is 2.17.